The lowest BCUT2D eigenvalue weighted by atomic mass is 10.0. The van der Waals surface area contributed by atoms with E-state index in [0.29, 0.717) is 31.8 Å². The number of methoxy groups -OCH3 is 1. The van der Waals surface area contributed by atoms with Crippen molar-refractivity contribution in [3.8, 4) is 11.5 Å². The van der Waals surface area contributed by atoms with Gasteiger partial charge in [-0.2, -0.15) is 0 Å². The van der Waals surface area contributed by atoms with E-state index in [1.165, 1.54) is 5.56 Å². The monoisotopic (exact) mass is 605 g/mol. The van der Waals surface area contributed by atoms with Crippen LogP contribution in [0.3, 0.4) is 0 Å². The quantitative estimate of drug-likeness (QED) is 0.237. The van der Waals surface area contributed by atoms with Gasteiger partial charge in [0, 0.05) is 39.3 Å². The molecule has 0 atom stereocenters. The number of nitrogens with zero attached hydrogens (tertiary/aromatic N) is 3. The van der Waals surface area contributed by atoms with Gasteiger partial charge in [0.15, 0.2) is 6.61 Å². The first-order valence-electron chi connectivity index (χ1n) is 15.7. The van der Waals surface area contributed by atoms with Gasteiger partial charge in [-0.3, -0.25) is 14.5 Å². The number of benzene rings is 4. The summed E-state index contributed by atoms with van der Waals surface area (Å²) in [7, 11) is 1.64. The van der Waals surface area contributed by atoms with Crippen LogP contribution >= 0.6 is 0 Å². The van der Waals surface area contributed by atoms with Gasteiger partial charge in [-0.25, -0.2) is 0 Å². The number of hydrogen-bond acceptors (Lipinski definition) is 5. The highest BCUT2D eigenvalue weighted by Crippen LogP contribution is 2.28. The molecule has 0 spiro atoms. The molecule has 1 aliphatic rings. The highest BCUT2D eigenvalue weighted by molar-refractivity contribution is 5.96. The van der Waals surface area contributed by atoms with E-state index in [1.54, 1.807) is 7.11 Å². The van der Waals surface area contributed by atoms with Crippen molar-refractivity contribution in [2.24, 2.45) is 0 Å². The van der Waals surface area contributed by atoms with Crippen molar-refractivity contribution >= 4 is 17.5 Å². The molecule has 0 fully saturated rings. The molecule has 0 radical (unpaired) electrons. The zero-order chi connectivity index (χ0) is 31.4. The van der Waals surface area contributed by atoms with Crippen LogP contribution < -0.4 is 14.4 Å². The second-order valence-electron chi connectivity index (χ2n) is 11.5. The fourth-order valence-electron chi connectivity index (χ4n) is 5.91. The molecular formula is C38H43N3O4. The Balaban J connectivity index is 1.43. The molecule has 0 unspecified atom stereocenters. The van der Waals surface area contributed by atoms with Crippen molar-refractivity contribution in [1.29, 1.82) is 0 Å². The molecule has 0 saturated heterocycles. The van der Waals surface area contributed by atoms with E-state index in [0.717, 1.165) is 60.6 Å². The summed E-state index contributed by atoms with van der Waals surface area (Å²) in [6.07, 6.45) is 1.97. The molecule has 0 saturated carbocycles. The van der Waals surface area contributed by atoms with Gasteiger partial charge in [0.1, 0.15) is 11.5 Å². The minimum atomic E-state index is -0.0998. The van der Waals surface area contributed by atoms with Crippen molar-refractivity contribution in [1.82, 2.24) is 9.80 Å². The lowest BCUT2D eigenvalue weighted by Crippen LogP contribution is -2.41. The topological polar surface area (TPSA) is 62.3 Å². The predicted molar refractivity (Wildman–Crippen MR) is 179 cm³/mol. The van der Waals surface area contributed by atoms with Crippen LogP contribution in [0.4, 0.5) is 5.69 Å². The molecule has 1 aliphatic heterocycles. The number of fused-ring (bicyclic) bond motifs is 1. The highest BCUT2D eigenvalue weighted by atomic mass is 16.5. The van der Waals surface area contributed by atoms with E-state index in [9.17, 15) is 9.59 Å². The minimum absolute atomic E-state index is 0.0598. The second-order valence-corrected chi connectivity index (χ2v) is 11.5. The summed E-state index contributed by atoms with van der Waals surface area (Å²) in [5, 5.41) is 0. The Labute approximate surface area is 267 Å². The van der Waals surface area contributed by atoms with Crippen molar-refractivity contribution in [2.45, 2.75) is 39.3 Å². The Morgan fingerprint density at radius 2 is 1.38 bits per heavy atom. The number of carbonyl (C=O) groups excluding carboxylic acids is 2. The largest absolute Gasteiger partial charge is 0.497 e. The molecule has 1 heterocycles. The average Bonchev–Trinajstić information content (AvgIpc) is 3.06. The van der Waals surface area contributed by atoms with Crippen molar-refractivity contribution < 1.29 is 19.1 Å². The van der Waals surface area contributed by atoms with E-state index in [4.69, 9.17) is 9.47 Å². The van der Waals surface area contributed by atoms with Gasteiger partial charge < -0.3 is 19.3 Å². The third-order valence-electron chi connectivity index (χ3n) is 8.23. The smallest absolute Gasteiger partial charge is 0.264 e. The van der Waals surface area contributed by atoms with E-state index >= 15 is 0 Å². The molecular weight excluding hydrogens is 562 g/mol. The minimum Gasteiger partial charge on any atom is -0.497 e. The molecule has 4 aromatic carbocycles. The van der Waals surface area contributed by atoms with Crippen molar-refractivity contribution in [3.63, 3.8) is 0 Å². The van der Waals surface area contributed by atoms with Crippen LogP contribution in [-0.4, -0.2) is 61.5 Å². The number of rotatable bonds is 8. The van der Waals surface area contributed by atoms with Gasteiger partial charge >= 0.3 is 0 Å². The third kappa shape index (κ3) is 8.96. The molecule has 5 rings (SSSR count). The van der Waals surface area contributed by atoms with Crippen LogP contribution in [0.25, 0.3) is 0 Å². The Bertz CT molecular complexity index is 1530. The summed E-state index contributed by atoms with van der Waals surface area (Å²) in [5.74, 6) is 1.39. The molecule has 7 nitrogen and oxygen atoms in total. The zero-order valence-corrected chi connectivity index (χ0v) is 26.4. The van der Waals surface area contributed by atoms with E-state index in [2.05, 4.69) is 29.2 Å². The number of hydrogen-bond donors (Lipinski definition) is 0. The molecule has 7 heteroatoms. The first kappa shape index (κ1) is 31.8. The number of para-hydroxylation sites is 2. The van der Waals surface area contributed by atoms with E-state index in [-0.39, 0.29) is 18.4 Å². The Hall–Kier alpha value is -4.62. The maximum absolute atomic E-state index is 13.9. The predicted octanol–water partition coefficient (Wildman–Crippen LogP) is 6.28. The molecule has 2 amide bonds. The van der Waals surface area contributed by atoms with E-state index in [1.807, 2.05) is 95.6 Å². The fraction of sp³-hybridized carbons (Fsp3) is 0.316. The SMILES string of the molecule is COc1ccc(CC(=O)N2CCCN(Cc3ccccc3)CCCN(C(=O)COc3ccccc3)c3c(C)cccc3C2)cc1. The molecule has 45 heavy (non-hydrogen) atoms. The average molecular weight is 606 g/mol. The number of ether oxygens (including phenoxy) is 2. The van der Waals surface area contributed by atoms with Gasteiger partial charge in [-0.1, -0.05) is 78.9 Å². The van der Waals surface area contributed by atoms with Gasteiger partial charge in [-0.05, 0) is 66.3 Å². The number of anilines is 1. The summed E-state index contributed by atoms with van der Waals surface area (Å²) >= 11 is 0. The summed E-state index contributed by atoms with van der Waals surface area (Å²) in [6.45, 7) is 6.08. The van der Waals surface area contributed by atoms with Crippen LogP contribution in [0, 0.1) is 6.92 Å². The van der Waals surface area contributed by atoms with Gasteiger partial charge in [-0.15, -0.1) is 0 Å². The summed E-state index contributed by atoms with van der Waals surface area (Å²) in [5.41, 5.74) is 5.03. The molecule has 0 N–H and O–H groups in total. The molecule has 0 bridgehead atoms. The maximum atomic E-state index is 13.9. The Morgan fingerprint density at radius 1 is 0.689 bits per heavy atom. The van der Waals surface area contributed by atoms with Crippen molar-refractivity contribution in [3.05, 3.63) is 125 Å². The van der Waals surface area contributed by atoms with Gasteiger partial charge in [0.05, 0.1) is 19.2 Å². The summed E-state index contributed by atoms with van der Waals surface area (Å²) < 4.78 is 11.2. The lowest BCUT2D eigenvalue weighted by molar-refractivity contribution is -0.131. The fourth-order valence-corrected chi connectivity index (χ4v) is 5.91. The maximum Gasteiger partial charge on any atom is 0.264 e. The normalized spacial score (nSPS) is 14.5. The Morgan fingerprint density at radius 3 is 2.09 bits per heavy atom. The standard InChI is InChI=1S/C38H43N3O4/c1-30-12-9-15-33-28-40(36(42)26-31-18-20-34(44-2)21-19-31)24-10-22-39(27-32-13-5-3-6-14-32)23-11-25-41(38(30)33)37(43)29-45-35-16-7-4-8-17-35/h3-9,12-21H,10-11,22-29H2,1-2H3. The molecule has 0 aromatic heterocycles. The van der Waals surface area contributed by atoms with Crippen LogP contribution in [0.2, 0.25) is 0 Å². The highest BCUT2D eigenvalue weighted by Gasteiger charge is 2.25. The second kappa shape index (κ2) is 15.9. The molecule has 0 aliphatic carbocycles. The first-order valence-corrected chi connectivity index (χ1v) is 15.7. The number of amides is 2. The Kier molecular flexibility index (Phi) is 11.2. The molecule has 4 aromatic rings. The van der Waals surface area contributed by atoms with Crippen LogP contribution in [0.15, 0.2) is 103 Å². The lowest BCUT2D eigenvalue weighted by Gasteiger charge is -2.32. The van der Waals surface area contributed by atoms with Crippen LogP contribution in [0.1, 0.15) is 35.1 Å². The van der Waals surface area contributed by atoms with Gasteiger partial charge in [0.25, 0.3) is 5.91 Å². The van der Waals surface area contributed by atoms with E-state index < -0.39 is 0 Å². The van der Waals surface area contributed by atoms with Crippen molar-refractivity contribution in [2.75, 3.05) is 44.8 Å². The van der Waals surface area contributed by atoms with Crippen LogP contribution in [-0.2, 0) is 29.1 Å². The summed E-state index contributed by atoms with van der Waals surface area (Å²) in [4.78, 5) is 34.0. The first-order chi connectivity index (χ1) is 22.0. The summed E-state index contributed by atoms with van der Waals surface area (Å²) in [6, 6.07) is 33.7. The number of carbonyl (C=O) groups is 2. The molecule has 234 valence electrons. The van der Waals surface area contributed by atoms with Crippen LogP contribution in [0.5, 0.6) is 11.5 Å². The third-order valence-corrected chi connectivity index (χ3v) is 8.23. The number of aryl methyl sites for hydroxylation is 1. The van der Waals surface area contributed by atoms with Gasteiger partial charge in [0.2, 0.25) is 5.91 Å². The zero-order valence-electron chi connectivity index (χ0n) is 26.4.